The zero-order chi connectivity index (χ0) is 29.6. The van der Waals surface area contributed by atoms with Crippen LogP contribution in [0.3, 0.4) is 0 Å². The van der Waals surface area contributed by atoms with Crippen molar-refractivity contribution in [3.63, 3.8) is 0 Å². The highest BCUT2D eigenvalue weighted by Gasteiger charge is 2.45. The van der Waals surface area contributed by atoms with Gasteiger partial charge in [-0.15, -0.1) is 0 Å². The SMILES string of the molecule is CC(C)(OC(F)(F)c1c(F)cc(-c2ccccc2)cc1F)c1ccc(C(C)(C)c2cc(F)c(F)c(F)c2)c(F)c1. The molecule has 0 aliphatic carbocycles. The minimum Gasteiger partial charge on any atom is -0.305 e. The molecule has 0 aliphatic heterocycles. The summed E-state index contributed by atoms with van der Waals surface area (Å²) < 4.78 is 121. The van der Waals surface area contributed by atoms with Crippen molar-refractivity contribution in [1.82, 2.24) is 0 Å². The second-order valence-corrected chi connectivity index (χ2v) is 10.4. The topological polar surface area (TPSA) is 9.23 Å². The van der Waals surface area contributed by atoms with Crippen LogP contribution in [-0.4, -0.2) is 0 Å². The Morgan fingerprint density at radius 2 is 1.07 bits per heavy atom. The number of alkyl halides is 2. The van der Waals surface area contributed by atoms with E-state index in [0.29, 0.717) is 5.56 Å². The molecule has 0 saturated carbocycles. The van der Waals surface area contributed by atoms with E-state index >= 15 is 13.2 Å². The Hall–Kier alpha value is -3.72. The fourth-order valence-electron chi connectivity index (χ4n) is 4.55. The molecule has 0 atom stereocenters. The van der Waals surface area contributed by atoms with Gasteiger partial charge in [0.1, 0.15) is 23.0 Å². The van der Waals surface area contributed by atoms with Gasteiger partial charge in [-0.1, -0.05) is 56.3 Å². The van der Waals surface area contributed by atoms with Crippen LogP contribution in [0.25, 0.3) is 11.1 Å². The van der Waals surface area contributed by atoms with Crippen LogP contribution in [0.4, 0.5) is 35.1 Å². The maximum atomic E-state index is 15.3. The van der Waals surface area contributed by atoms with E-state index in [1.54, 1.807) is 30.3 Å². The van der Waals surface area contributed by atoms with E-state index in [9.17, 15) is 22.0 Å². The van der Waals surface area contributed by atoms with Crippen LogP contribution in [0.2, 0.25) is 0 Å². The van der Waals surface area contributed by atoms with Gasteiger partial charge in [-0.25, -0.2) is 26.3 Å². The van der Waals surface area contributed by atoms with E-state index in [-0.39, 0.29) is 22.3 Å². The third-order valence-electron chi connectivity index (χ3n) is 6.87. The van der Waals surface area contributed by atoms with Gasteiger partial charge in [-0.3, -0.25) is 0 Å². The van der Waals surface area contributed by atoms with Crippen LogP contribution in [0, 0.1) is 34.9 Å². The Morgan fingerprint density at radius 1 is 0.550 bits per heavy atom. The molecule has 9 heteroatoms. The van der Waals surface area contributed by atoms with E-state index in [0.717, 1.165) is 30.3 Å². The number of hydrogen-bond donors (Lipinski definition) is 0. The Bertz CT molecular complexity index is 1520. The highest BCUT2D eigenvalue weighted by Crippen LogP contribution is 2.43. The van der Waals surface area contributed by atoms with E-state index < -0.39 is 57.6 Å². The van der Waals surface area contributed by atoms with Gasteiger partial charge >= 0.3 is 6.11 Å². The quantitative estimate of drug-likeness (QED) is 0.161. The van der Waals surface area contributed by atoms with Crippen LogP contribution in [-0.2, 0) is 21.9 Å². The minimum atomic E-state index is -4.45. The third-order valence-corrected chi connectivity index (χ3v) is 6.87. The van der Waals surface area contributed by atoms with Crippen molar-refractivity contribution in [3.05, 3.63) is 130 Å². The molecule has 0 heterocycles. The molecular formula is C31H24F8O. The van der Waals surface area contributed by atoms with Crippen LogP contribution in [0.5, 0.6) is 0 Å². The highest BCUT2D eigenvalue weighted by molar-refractivity contribution is 5.64. The molecule has 0 spiro atoms. The van der Waals surface area contributed by atoms with Crippen molar-refractivity contribution in [1.29, 1.82) is 0 Å². The molecule has 40 heavy (non-hydrogen) atoms. The maximum absolute atomic E-state index is 15.3. The molecule has 0 saturated heterocycles. The molecule has 0 amide bonds. The number of rotatable bonds is 7. The predicted molar refractivity (Wildman–Crippen MR) is 135 cm³/mol. The fourth-order valence-corrected chi connectivity index (χ4v) is 4.55. The first-order valence-electron chi connectivity index (χ1n) is 12.1. The lowest BCUT2D eigenvalue weighted by atomic mass is 9.77. The van der Waals surface area contributed by atoms with Gasteiger partial charge < -0.3 is 4.74 Å². The lowest BCUT2D eigenvalue weighted by Crippen LogP contribution is -2.33. The molecule has 0 radical (unpaired) electrons. The van der Waals surface area contributed by atoms with Crippen LogP contribution in [0.1, 0.15) is 49.9 Å². The van der Waals surface area contributed by atoms with E-state index in [2.05, 4.69) is 0 Å². The minimum absolute atomic E-state index is 0.0515. The molecule has 4 aromatic rings. The van der Waals surface area contributed by atoms with Gasteiger partial charge in [0.05, 0.1) is 5.60 Å². The van der Waals surface area contributed by atoms with Gasteiger partial charge in [-0.2, -0.15) is 8.78 Å². The van der Waals surface area contributed by atoms with Gasteiger partial charge in [-0.05, 0) is 72.0 Å². The first kappa shape index (κ1) is 29.3. The molecule has 0 aromatic heterocycles. The molecule has 0 fully saturated rings. The first-order valence-corrected chi connectivity index (χ1v) is 12.1. The van der Waals surface area contributed by atoms with Crippen molar-refractivity contribution in [2.24, 2.45) is 0 Å². The van der Waals surface area contributed by atoms with Crippen molar-refractivity contribution in [3.8, 4) is 11.1 Å². The normalized spacial score (nSPS) is 12.6. The second-order valence-electron chi connectivity index (χ2n) is 10.4. The van der Waals surface area contributed by atoms with Gasteiger partial charge in [0.25, 0.3) is 0 Å². The second kappa shape index (κ2) is 10.4. The summed E-state index contributed by atoms with van der Waals surface area (Å²) in [6.45, 7) is 5.22. The van der Waals surface area contributed by atoms with Crippen LogP contribution >= 0.6 is 0 Å². The molecule has 4 aromatic carbocycles. The number of benzene rings is 4. The summed E-state index contributed by atoms with van der Waals surface area (Å²) in [7, 11) is 0. The van der Waals surface area contributed by atoms with Crippen molar-refractivity contribution in [2.45, 2.75) is 44.8 Å². The third kappa shape index (κ3) is 5.47. The monoisotopic (exact) mass is 564 g/mol. The van der Waals surface area contributed by atoms with Gasteiger partial charge in [0, 0.05) is 5.41 Å². The summed E-state index contributed by atoms with van der Waals surface area (Å²) in [4.78, 5) is 0. The van der Waals surface area contributed by atoms with Crippen LogP contribution < -0.4 is 0 Å². The maximum Gasteiger partial charge on any atom is 0.389 e. The fraction of sp³-hybridized carbons (Fsp3) is 0.226. The summed E-state index contributed by atoms with van der Waals surface area (Å²) in [6, 6.07) is 14.4. The molecule has 4 rings (SSSR count). The lowest BCUT2D eigenvalue weighted by molar-refractivity contribution is -0.304. The molecular weight excluding hydrogens is 540 g/mol. The summed E-state index contributed by atoms with van der Waals surface area (Å²) in [6.07, 6.45) is -4.45. The Balaban J connectivity index is 1.65. The van der Waals surface area contributed by atoms with Crippen molar-refractivity contribution >= 4 is 0 Å². The largest absolute Gasteiger partial charge is 0.389 e. The lowest BCUT2D eigenvalue weighted by Gasteiger charge is -2.32. The number of ether oxygens (including phenoxy) is 1. The Morgan fingerprint density at radius 3 is 1.60 bits per heavy atom. The molecule has 0 aliphatic rings. The zero-order valence-electron chi connectivity index (χ0n) is 21.9. The van der Waals surface area contributed by atoms with E-state index in [1.807, 2.05) is 0 Å². The average Bonchev–Trinajstić information content (AvgIpc) is 2.86. The average molecular weight is 565 g/mol. The smallest absolute Gasteiger partial charge is 0.305 e. The van der Waals surface area contributed by atoms with Gasteiger partial charge in [0.15, 0.2) is 17.5 Å². The summed E-state index contributed by atoms with van der Waals surface area (Å²) in [5.74, 6) is -8.56. The predicted octanol–water partition coefficient (Wildman–Crippen LogP) is 9.52. The Labute approximate surface area is 226 Å². The van der Waals surface area contributed by atoms with Crippen molar-refractivity contribution in [2.75, 3.05) is 0 Å². The first-order chi connectivity index (χ1) is 18.5. The molecule has 210 valence electrons. The van der Waals surface area contributed by atoms with Crippen molar-refractivity contribution < 1.29 is 39.9 Å². The standard InChI is InChI=1S/C31H24F8O/c1-29(2,20-15-25(35)28(37)26(36)16-20)21-11-10-19(14-22(21)32)30(3,4)40-31(38,39)27-23(33)12-18(13-24(27)34)17-8-6-5-7-9-17/h5-16H,1-4H3. The zero-order valence-corrected chi connectivity index (χ0v) is 21.9. The van der Waals surface area contributed by atoms with Crippen LogP contribution in [0.15, 0.2) is 72.8 Å². The van der Waals surface area contributed by atoms with E-state index in [1.165, 1.54) is 39.8 Å². The molecule has 1 nitrogen and oxygen atoms in total. The molecule has 0 bridgehead atoms. The summed E-state index contributed by atoms with van der Waals surface area (Å²) >= 11 is 0. The molecule has 0 N–H and O–H groups in total. The summed E-state index contributed by atoms with van der Waals surface area (Å²) in [5, 5.41) is 0. The van der Waals surface area contributed by atoms with Gasteiger partial charge in [0.2, 0.25) is 0 Å². The number of halogens is 8. The molecule has 0 unspecified atom stereocenters. The highest BCUT2D eigenvalue weighted by atomic mass is 19.3. The Kier molecular flexibility index (Phi) is 7.58. The summed E-state index contributed by atoms with van der Waals surface area (Å²) in [5.41, 5.74) is -4.70. The number of hydrogen-bond acceptors (Lipinski definition) is 1. The van der Waals surface area contributed by atoms with E-state index in [4.69, 9.17) is 4.74 Å².